The Hall–Kier alpha value is -2.04. The molecule has 2 aromatic rings. The van der Waals surface area contributed by atoms with E-state index in [4.69, 9.17) is 0 Å². The number of rotatable bonds is 2. The molecule has 2 heterocycles. The SMILES string of the molecule is O=Cc1cnc(-c2ccncn2)[nH]1. The summed E-state index contributed by atoms with van der Waals surface area (Å²) in [6, 6.07) is 1.72. The third-order valence-electron chi connectivity index (χ3n) is 1.55. The maximum absolute atomic E-state index is 10.3. The van der Waals surface area contributed by atoms with E-state index in [-0.39, 0.29) is 0 Å². The molecule has 0 aliphatic heterocycles. The zero-order valence-electron chi connectivity index (χ0n) is 6.64. The second kappa shape index (κ2) is 3.14. The molecule has 0 aliphatic carbocycles. The summed E-state index contributed by atoms with van der Waals surface area (Å²) < 4.78 is 0. The van der Waals surface area contributed by atoms with Crippen molar-refractivity contribution in [2.24, 2.45) is 0 Å². The number of aromatic amines is 1. The van der Waals surface area contributed by atoms with E-state index in [1.54, 1.807) is 12.3 Å². The minimum Gasteiger partial charge on any atom is -0.334 e. The molecule has 0 atom stereocenters. The smallest absolute Gasteiger partial charge is 0.167 e. The van der Waals surface area contributed by atoms with Crippen LogP contribution in [0.2, 0.25) is 0 Å². The number of nitrogens with one attached hydrogen (secondary N) is 1. The van der Waals surface area contributed by atoms with Gasteiger partial charge in [-0.2, -0.15) is 0 Å². The molecule has 1 N–H and O–H groups in total. The minimum absolute atomic E-state index is 0.439. The van der Waals surface area contributed by atoms with Crippen LogP contribution in [-0.4, -0.2) is 26.2 Å². The molecule has 0 fully saturated rings. The monoisotopic (exact) mass is 174 g/mol. The highest BCUT2D eigenvalue weighted by Gasteiger charge is 2.02. The van der Waals surface area contributed by atoms with Gasteiger partial charge in [0.25, 0.3) is 0 Å². The van der Waals surface area contributed by atoms with Crippen LogP contribution in [0, 0.1) is 0 Å². The molecule has 13 heavy (non-hydrogen) atoms. The second-order valence-electron chi connectivity index (χ2n) is 2.40. The lowest BCUT2D eigenvalue weighted by Gasteiger charge is -1.91. The van der Waals surface area contributed by atoms with E-state index in [0.29, 0.717) is 23.5 Å². The first-order valence-corrected chi connectivity index (χ1v) is 3.67. The summed E-state index contributed by atoms with van der Waals surface area (Å²) in [5.41, 5.74) is 1.11. The quantitative estimate of drug-likeness (QED) is 0.679. The molecule has 5 heteroatoms. The van der Waals surface area contributed by atoms with E-state index in [9.17, 15) is 4.79 Å². The first kappa shape index (κ1) is 7.60. The number of hydrogen-bond donors (Lipinski definition) is 1. The zero-order valence-corrected chi connectivity index (χ0v) is 6.64. The van der Waals surface area contributed by atoms with E-state index in [2.05, 4.69) is 19.9 Å². The summed E-state index contributed by atoms with van der Waals surface area (Å²) in [6.07, 6.45) is 5.21. The van der Waals surface area contributed by atoms with E-state index in [1.165, 1.54) is 12.5 Å². The number of carbonyl (C=O) groups excluding carboxylic acids is 1. The first-order valence-electron chi connectivity index (χ1n) is 3.67. The number of aromatic nitrogens is 4. The number of carbonyl (C=O) groups is 1. The fourth-order valence-electron chi connectivity index (χ4n) is 0.956. The number of aldehydes is 1. The van der Waals surface area contributed by atoms with Gasteiger partial charge in [0.1, 0.15) is 12.0 Å². The predicted octanol–water partition coefficient (Wildman–Crippen LogP) is 0.679. The largest absolute Gasteiger partial charge is 0.334 e. The van der Waals surface area contributed by atoms with Gasteiger partial charge in [0, 0.05) is 6.20 Å². The Labute approximate surface area is 73.9 Å². The molecule has 0 aromatic carbocycles. The number of imidazole rings is 1. The highest BCUT2D eigenvalue weighted by molar-refractivity contribution is 5.72. The normalized spacial score (nSPS) is 9.85. The van der Waals surface area contributed by atoms with Gasteiger partial charge in [-0.3, -0.25) is 4.79 Å². The molecule has 0 spiro atoms. The van der Waals surface area contributed by atoms with Crippen molar-refractivity contribution >= 4 is 6.29 Å². The standard InChI is InChI=1S/C8H6N4O/c13-4-6-3-10-8(12-6)7-1-2-9-5-11-7/h1-5H,(H,10,12). The molecule has 2 rings (SSSR count). The highest BCUT2D eigenvalue weighted by atomic mass is 16.1. The van der Waals surface area contributed by atoms with Gasteiger partial charge in [0.2, 0.25) is 0 Å². The van der Waals surface area contributed by atoms with Crippen LogP contribution in [0.3, 0.4) is 0 Å². The molecule has 0 saturated heterocycles. The predicted molar refractivity (Wildman–Crippen MR) is 45.0 cm³/mol. The van der Waals surface area contributed by atoms with Crippen molar-refractivity contribution in [3.05, 3.63) is 30.5 Å². The average Bonchev–Trinajstić information content (AvgIpc) is 2.67. The number of hydrogen-bond acceptors (Lipinski definition) is 4. The van der Waals surface area contributed by atoms with Gasteiger partial charge < -0.3 is 4.98 Å². The van der Waals surface area contributed by atoms with Crippen LogP contribution in [-0.2, 0) is 0 Å². The maximum Gasteiger partial charge on any atom is 0.167 e. The van der Waals surface area contributed by atoms with Crippen molar-refractivity contribution in [2.45, 2.75) is 0 Å². The molecular weight excluding hydrogens is 168 g/mol. The van der Waals surface area contributed by atoms with Gasteiger partial charge in [-0.05, 0) is 6.07 Å². The van der Waals surface area contributed by atoms with E-state index in [1.807, 2.05) is 0 Å². The van der Waals surface area contributed by atoms with Gasteiger partial charge >= 0.3 is 0 Å². The van der Waals surface area contributed by atoms with Crippen molar-refractivity contribution in [1.29, 1.82) is 0 Å². The van der Waals surface area contributed by atoms with Crippen molar-refractivity contribution in [3.8, 4) is 11.5 Å². The lowest BCUT2D eigenvalue weighted by Crippen LogP contribution is -1.86. The van der Waals surface area contributed by atoms with Crippen LogP contribution >= 0.6 is 0 Å². The fourth-order valence-corrected chi connectivity index (χ4v) is 0.956. The Bertz CT molecular complexity index is 409. The van der Waals surface area contributed by atoms with E-state index < -0.39 is 0 Å². The molecule has 0 bridgehead atoms. The Balaban J connectivity index is 2.41. The van der Waals surface area contributed by atoms with Crippen molar-refractivity contribution in [3.63, 3.8) is 0 Å². The average molecular weight is 174 g/mol. The van der Waals surface area contributed by atoms with E-state index in [0.717, 1.165) is 0 Å². The zero-order chi connectivity index (χ0) is 9.10. The topological polar surface area (TPSA) is 71.5 Å². The van der Waals surface area contributed by atoms with Crippen LogP contribution in [0.5, 0.6) is 0 Å². The third kappa shape index (κ3) is 1.44. The molecule has 2 aromatic heterocycles. The van der Waals surface area contributed by atoms with Crippen LogP contribution in [0.25, 0.3) is 11.5 Å². The van der Waals surface area contributed by atoms with Crippen LogP contribution < -0.4 is 0 Å². The Morgan fingerprint density at radius 3 is 2.92 bits per heavy atom. The van der Waals surface area contributed by atoms with Gasteiger partial charge in [0.05, 0.1) is 11.9 Å². The molecule has 0 amide bonds. The summed E-state index contributed by atoms with van der Waals surface area (Å²) >= 11 is 0. The molecule has 0 radical (unpaired) electrons. The van der Waals surface area contributed by atoms with Gasteiger partial charge in [-0.1, -0.05) is 0 Å². The van der Waals surface area contributed by atoms with Crippen molar-refractivity contribution in [2.75, 3.05) is 0 Å². The molecule has 0 unspecified atom stereocenters. The maximum atomic E-state index is 10.3. The van der Waals surface area contributed by atoms with Gasteiger partial charge in [-0.25, -0.2) is 15.0 Å². The summed E-state index contributed by atoms with van der Waals surface area (Å²) in [7, 11) is 0. The van der Waals surface area contributed by atoms with Crippen LogP contribution in [0.15, 0.2) is 24.8 Å². The molecule has 5 nitrogen and oxygen atoms in total. The third-order valence-corrected chi connectivity index (χ3v) is 1.55. The summed E-state index contributed by atoms with van der Waals surface area (Å²) in [5, 5.41) is 0. The molecular formula is C8H6N4O. The van der Waals surface area contributed by atoms with E-state index >= 15 is 0 Å². The molecule has 0 aliphatic rings. The van der Waals surface area contributed by atoms with Crippen LogP contribution in [0.4, 0.5) is 0 Å². The number of H-pyrrole nitrogens is 1. The molecule has 0 saturated carbocycles. The first-order chi connectivity index (χ1) is 6.40. The lowest BCUT2D eigenvalue weighted by atomic mass is 10.4. The highest BCUT2D eigenvalue weighted by Crippen LogP contribution is 2.09. The lowest BCUT2D eigenvalue weighted by molar-refractivity contribution is 0.111. The fraction of sp³-hybridized carbons (Fsp3) is 0. The Morgan fingerprint density at radius 2 is 2.31 bits per heavy atom. The van der Waals surface area contributed by atoms with Crippen molar-refractivity contribution in [1.82, 2.24) is 19.9 Å². The second-order valence-corrected chi connectivity index (χ2v) is 2.40. The van der Waals surface area contributed by atoms with Gasteiger partial charge in [0.15, 0.2) is 12.1 Å². The minimum atomic E-state index is 0.439. The summed E-state index contributed by atoms with van der Waals surface area (Å²) in [6.45, 7) is 0. The summed E-state index contributed by atoms with van der Waals surface area (Å²) in [5.74, 6) is 0.574. The van der Waals surface area contributed by atoms with Crippen LogP contribution in [0.1, 0.15) is 10.5 Å². The Morgan fingerprint density at radius 1 is 1.38 bits per heavy atom. The Kier molecular flexibility index (Phi) is 1.84. The van der Waals surface area contributed by atoms with Crippen molar-refractivity contribution < 1.29 is 4.79 Å². The number of nitrogens with zero attached hydrogens (tertiary/aromatic N) is 3. The molecule has 64 valence electrons. The van der Waals surface area contributed by atoms with Gasteiger partial charge in [-0.15, -0.1) is 0 Å². The summed E-state index contributed by atoms with van der Waals surface area (Å²) in [4.78, 5) is 24.9.